The van der Waals surface area contributed by atoms with Gasteiger partial charge in [-0.05, 0) is 19.1 Å². The van der Waals surface area contributed by atoms with E-state index in [1.807, 2.05) is 31.2 Å². The summed E-state index contributed by atoms with van der Waals surface area (Å²) in [6.07, 6.45) is 0. The van der Waals surface area contributed by atoms with Crippen LogP contribution in [-0.2, 0) is 0 Å². The van der Waals surface area contributed by atoms with Gasteiger partial charge in [-0.3, -0.25) is 4.79 Å². The summed E-state index contributed by atoms with van der Waals surface area (Å²) < 4.78 is 0. The molecule has 14 heavy (non-hydrogen) atoms. The molecule has 0 heterocycles. The summed E-state index contributed by atoms with van der Waals surface area (Å²) in [6.45, 7) is 3.06. The van der Waals surface area contributed by atoms with Crippen LogP contribution in [0, 0.1) is 6.92 Å². The molecule has 1 rings (SSSR count). The van der Waals surface area contributed by atoms with Crippen LogP contribution in [-0.4, -0.2) is 30.9 Å². The zero-order chi connectivity index (χ0) is 10.6. The van der Waals surface area contributed by atoms with E-state index in [1.165, 1.54) is 0 Å². The van der Waals surface area contributed by atoms with Gasteiger partial charge < -0.3 is 10.6 Å². The molecule has 0 aromatic heterocycles. The van der Waals surface area contributed by atoms with Crippen LogP contribution < -0.4 is 5.73 Å². The summed E-state index contributed by atoms with van der Waals surface area (Å²) in [5, 5.41) is 0. The Labute approximate surface area is 84.5 Å². The highest BCUT2D eigenvalue weighted by Crippen LogP contribution is 2.06. The molecule has 76 valence electrons. The zero-order valence-corrected chi connectivity index (χ0v) is 8.66. The van der Waals surface area contributed by atoms with E-state index >= 15 is 0 Å². The first-order valence-corrected chi connectivity index (χ1v) is 4.67. The average Bonchev–Trinajstić information content (AvgIpc) is 2.17. The molecule has 0 unspecified atom stereocenters. The molecule has 0 spiro atoms. The molecule has 0 bridgehead atoms. The molecule has 0 saturated carbocycles. The number of aryl methyl sites for hydroxylation is 1. The van der Waals surface area contributed by atoms with Gasteiger partial charge in [0.1, 0.15) is 0 Å². The Bertz CT molecular complexity index is 323. The third kappa shape index (κ3) is 2.57. The molecule has 1 aromatic carbocycles. The fourth-order valence-corrected chi connectivity index (χ4v) is 1.29. The fourth-order valence-electron chi connectivity index (χ4n) is 1.29. The average molecular weight is 192 g/mol. The molecule has 0 saturated heterocycles. The Morgan fingerprint density at radius 3 is 2.79 bits per heavy atom. The number of amides is 1. The van der Waals surface area contributed by atoms with Gasteiger partial charge in [0.25, 0.3) is 5.91 Å². The maximum Gasteiger partial charge on any atom is 0.253 e. The van der Waals surface area contributed by atoms with Crippen LogP contribution in [0.25, 0.3) is 0 Å². The van der Waals surface area contributed by atoms with Crippen LogP contribution in [0.3, 0.4) is 0 Å². The van der Waals surface area contributed by atoms with E-state index in [0.29, 0.717) is 13.1 Å². The van der Waals surface area contributed by atoms with Gasteiger partial charge in [0, 0.05) is 25.7 Å². The minimum atomic E-state index is 0.0270. The molecule has 2 N–H and O–H groups in total. The first kappa shape index (κ1) is 10.7. The third-order valence-corrected chi connectivity index (χ3v) is 2.08. The van der Waals surface area contributed by atoms with Crippen molar-refractivity contribution < 1.29 is 4.79 Å². The van der Waals surface area contributed by atoms with Crippen molar-refractivity contribution in [2.75, 3.05) is 20.1 Å². The molecule has 3 nitrogen and oxygen atoms in total. The molecule has 0 atom stereocenters. The van der Waals surface area contributed by atoms with Crippen LogP contribution >= 0.6 is 0 Å². The first-order valence-electron chi connectivity index (χ1n) is 4.67. The quantitative estimate of drug-likeness (QED) is 0.777. The highest BCUT2D eigenvalue weighted by molar-refractivity contribution is 5.94. The Morgan fingerprint density at radius 2 is 2.21 bits per heavy atom. The molecule has 0 radical (unpaired) electrons. The second kappa shape index (κ2) is 4.77. The van der Waals surface area contributed by atoms with E-state index in [1.54, 1.807) is 11.9 Å². The SMILES string of the molecule is Cc1cccc(C(=O)N(C)CCN)c1. The lowest BCUT2D eigenvalue weighted by atomic mass is 10.1. The van der Waals surface area contributed by atoms with Crippen molar-refractivity contribution >= 4 is 5.91 Å². The van der Waals surface area contributed by atoms with Crippen molar-refractivity contribution in [3.63, 3.8) is 0 Å². The number of carbonyl (C=O) groups is 1. The van der Waals surface area contributed by atoms with E-state index in [0.717, 1.165) is 11.1 Å². The summed E-state index contributed by atoms with van der Waals surface area (Å²) >= 11 is 0. The molecule has 1 aromatic rings. The number of benzene rings is 1. The van der Waals surface area contributed by atoms with Crippen molar-refractivity contribution in [3.05, 3.63) is 35.4 Å². The first-order chi connectivity index (χ1) is 6.65. The van der Waals surface area contributed by atoms with Crippen LogP contribution in [0.4, 0.5) is 0 Å². The molecule has 3 heteroatoms. The second-order valence-electron chi connectivity index (χ2n) is 3.38. The van der Waals surface area contributed by atoms with Gasteiger partial charge in [-0.25, -0.2) is 0 Å². The van der Waals surface area contributed by atoms with Crippen LogP contribution in [0.5, 0.6) is 0 Å². The van der Waals surface area contributed by atoms with E-state index < -0.39 is 0 Å². The number of rotatable bonds is 3. The second-order valence-corrected chi connectivity index (χ2v) is 3.38. The van der Waals surface area contributed by atoms with E-state index in [2.05, 4.69) is 0 Å². The van der Waals surface area contributed by atoms with Gasteiger partial charge in [0.15, 0.2) is 0 Å². The topological polar surface area (TPSA) is 46.3 Å². The van der Waals surface area contributed by atoms with Gasteiger partial charge in [0.2, 0.25) is 0 Å². The van der Waals surface area contributed by atoms with Crippen LogP contribution in [0.1, 0.15) is 15.9 Å². The molecule has 0 aliphatic heterocycles. The third-order valence-electron chi connectivity index (χ3n) is 2.08. The monoisotopic (exact) mass is 192 g/mol. The number of carbonyl (C=O) groups excluding carboxylic acids is 1. The lowest BCUT2D eigenvalue weighted by molar-refractivity contribution is 0.0799. The van der Waals surface area contributed by atoms with E-state index in [4.69, 9.17) is 5.73 Å². The van der Waals surface area contributed by atoms with E-state index in [-0.39, 0.29) is 5.91 Å². The largest absolute Gasteiger partial charge is 0.340 e. The zero-order valence-electron chi connectivity index (χ0n) is 8.66. The van der Waals surface area contributed by atoms with Gasteiger partial charge >= 0.3 is 0 Å². The number of nitrogens with two attached hydrogens (primary N) is 1. The van der Waals surface area contributed by atoms with Crippen molar-refractivity contribution in [1.29, 1.82) is 0 Å². The van der Waals surface area contributed by atoms with Gasteiger partial charge in [0.05, 0.1) is 0 Å². The highest BCUT2D eigenvalue weighted by Gasteiger charge is 2.09. The summed E-state index contributed by atoms with van der Waals surface area (Å²) in [5.74, 6) is 0.0270. The van der Waals surface area contributed by atoms with Crippen molar-refractivity contribution in [2.45, 2.75) is 6.92 Å². The minimum absolute atomic E-state index is 0.0270. The standard InChI is InChI=1S/C11H16N2O/c1-9-4-3-5-10(8-9)11(14)13(2)7-6-12/h3-5,8H,6-7,12H2,1-2H3. The molecule has 0 aliphatic rings. The predicted octanol–water partition coefficient (Wildman–Crippen LogP) is 1.03. The van der Waals surface area contributed by atoms with Crippen molar-refractivity contribution in [3.8, 4) is 0 Å². The molecular weight excluding hydrogens is 176 g/mol. The summed E-state index contributed by atoms with van der Waals surface area (Å²) in [5.41, 5.74) is 7.20. The van der Waals surface area contributed by atoms with Crippen molar-refractivity contribution in [2.24, 2.45) is 5.73 Å². The fraction of sp³-hybridized carbons (Fsp3) is 0.364. The maximum absolute atomic E-state index is 11.8. The molecule has 0 aliphatic carbocycles. The van der Waals surface area contributed by atoms with Crippen LogP contribution in [0.15, 0.2) is 24.3 Å². The van der Waals surface area contributed by atoms with Gasteiger partial charge in [-0.15, -0.1) is 0 Å². The number of likely N-dealkylation sites (N-methyl/N-ethyl adjacent to an activating group) is 1. The number of hydrogen-bond acceptors (Lipinski definition) is 2. The molecular formula is C11H16N2O. The Morgan fingerprint density at radius 1 is 1.50 bits per heavy atom. The Hall–Kier alpha value is -1.35. The maximum atomic E-state index is 11.8. The minimum Gasteiger partial charge on any atom is -0.340 e. The highest BCUT2D eigenvalue weighted by atomic mass is 16.2. The van der Waals surface area contributed by atoms with Gasteiger partial charge in [-0.2, -0.15) is 0 Å². The number of nitrogens with zero attached hydrogens (tertiary/aromatic N) is 1. The Kier molecular flexibility index (Phi) is 3.65. The summed E-state index contributed by atoms with van der Waals surface area (Å²) in [6, 6.07) is 7.57. The molecule has 1 amide bonds. The Balaban J connectivity index is 2.78. The van der Waals surface area contributed by atoms with Gasteiger partial charge in [-0.1, -0.05) is 17.7 Å². The van der Waals surface area contributed by atoms with Crippen LogP contribution in [0.2, 0.25) is 0 Å². The van der Waals surface area contributed by atoms with E-state index in [9.17, 15) is 4.79 Å². The van der Waals surface area contributed by atoms with Crippen molar-refractivity contribution in [1.82, 2.24) is 4.90 Å². The summed E-state index contributed by atoms with van der Waals surface area (Å²) in [7, 11) is 1.76. The number of hydrogen-bond donors (Lipinski definition) is 1. The normalized spacial score (nSPS) is 9.93. The lowest BCUT2D eigenvalue weighted by Gasteiger charge is -2.15. The predicted molar refractivity (Wildman–Crippen MR) is 57.2 cm³/mol. The molecule has 0 fully saturated rings. The summed E-state index contributed by atoms with van der Waals surface area (Å²) in [4.78, 5) is 13.4. The lowest BCUT2D eigenvalue weighted by Crippen LogP contribution is -2.31. The smallest absolute Gasteiger partial charge is 0.253 e.